The molecular weight excluding hydrogens is 410 g/mol. The number of carbonyl (C=O) groups excluding carboxylic acids is 4. The summed E-state index contributed by atoms with van der Waals surface area (Å²) >= 11 is 5.90. The highest BCUT2D eigenvalue weighted by atomic mass is 35.5. The number of urea groups is 1. The molecule has 3 rings (SSSR count). The summed E-state index contributed by atoms with van der Waals surface area (Å²) in [5, 5.41) is 3.38. The third-order valence-electron chi connectivity index (χ3n) is 5.98. The molecule has 1 aliphatic heterocycles. The third-order valence-corrected chi connectivity index (χ3v) is 6.23. The highest BCUT2D eigenvalue weighted by molar-refractivity contribution is 6.30. The van der Waals surface area contributed by atoms with Gasteiger partial charge >= 0.3 is 12.0 Å². The second kappa shape index (κ2) is 9.04. The zero-order valence-corrected chi connectivity index (χ0v) is 17.9. The summed E-state index contributed by atoms with van der Waals surface area (Å²) in [7, 11) is 1.24. The van der Waals surface area contributed by atoms with E-state index in [2.05, 4.69) is 5.32 Å². The van der Waals surface area contributed by atoms with E-state index in [0.29, 0.717) is 11.4 Å². The van der Waals surface area contributed by atoms with Crippen molar-refractivity contribution in [2.75, 3.05) is 20.2 Å². The van der Waals surface area contributed by atoms with Crippen LogP contribution >= 0.6 is 11.6 Å². The average molecular weight is 436 g/mol. The molecule has 30 heavy (non-hydrogen) atoms. The predicted octanol–water partition coefficient (Wildman–Crippen LogP) is 2.34. The number of rotatable bonds is 6. The number of hydrogen-bond donors (Lipinski definition) is 1. The minimum atomic E-state index is -0.932. The molecule has 0 bridgehead atoms. The first-order chi connectivity index (χ1) is 14.3. The zero-order chi connectivity index (χ0) is 21.9. The summed E-state index contributed by atoms with van der Waals surface area (Å²) in [6, 6.07) is 6.29. The smallest absolute Gasteiger partial charge is 0.325 e. The van der Waals surface area contributed by atoms with Gasteiger partial charge in [0.15, 0.2) is 0 Å². The molecule has 1 spiro atoms. The Morgan fingerprint density at radius 2 is 1.97 bits per heavy atom. The van der Waals surface area contributed by atoms with Crippen LogP contribution in [0.15, 0.2) is 24.3 Å². The molecule has 1 aromatic carbocycles. The molecule has 1 saturated carbocycles. The van der Waals surface area contributed by atoms with Gasteiger partial charge in [-0.1, -0.05) is 43.5 Å². The van der Waals surface area contributed by atoms with Gasteiger partial charge in [-0.25, -0.2) is 4.79 Å². The highest BCUT2D eigenvalue weighted by Gasteiger charge is 2.55. The zero-order valence-electron chi connectivity index (χ0n) is 17.2. The summed E-state index contributed by atoms with van der Waals surface area (Å²) < 4.78 is 4.69. The predicted molar refractivity (Wildman–Crippen MR) is 109 cm³/mol. The van der Waals surface area contributed by atoms with Crippen molar-refractivity contribution in [3.05, 3.63) is 34.9 Å². The number of halogens is 1. The SMILES string of the molecule is COC(=O)CN(Cc1ccc(Cl)cc1)C(=O)CN1C(=O)NC2(CCCCC2C)C1=O. The number of esters is 1. The molecule has 2 atom stereocenters. The molecule has 4 amide bonds. The van der Waals surface area contributed by atoms with Crippen LogP contribution in [0.2, 0.25) is 5.02 Å². The molecule has 0 aromatic heterocycles. The lowest BCUT2D eigenvalue weighted by Gasteiger charge is -2.36. The van der Waals surface area contributed by atoms with Crippen LogP contribution in [0.5, 0.6) is 0 Å². The van der Waals surface area contributed by atoms with Gasteiger partial charge in [0.25, 0.3) is 5.91 Å². The molecule has 162 valence electrons. The first-order valence-corrected chi connectivity index (χ1v) is 10.4. The molecule has 0 radical (unpaired) electrons. The molecule has 8 nitrogen and oxygen atoms in total. The monoisotopic (exact) mass is 435 g/mol. The number of carbonyl (C=O) groups is 4. The van der Waals surface area contributed by atoms with E-state index in [1.54, 1.807) is 24.3 Å². The second-order valence-electron chi connectivity index (χ2n) is 7.89. The van der Waals surface area contributed by atoms with Crippen LogP contribution in [0.4, 0.5) is 4.79 Å². The molecular formula is C21H26ClN3O5. The van der Waals surface area contributed by atoms with E-state index in [1.807, 2.05) is 6.92 Å². The number of amides is 4. The number of benzene rings is 1. The van der Waals surface area contributed by atoms with Crippen LogP contribution < -0.4 is 5.32 Å². The quantitative estimate of drug-likeness (QED) is 0.546. The highest BCUT2D eigenvalue weighted by Crippen LogP contribution is 2.38. The first-order valence-electron chi connectivity index (χ1n) is 10.00. The largest absolute Gasteiger partial charge is 0.468 e. The van der Waals surface area contributed by atoms with Crippen molar-refractivity contribution >= 4 is 35.4 Å². The summed E-state index contributed by atoms with van der Waals surface area (Å²) in [4.78, 5) is 52.7. The van der Waals surface area contributed by atoms with E-state index < -0.39 is 30.0 Å². The number of nitrogens with one attached hydrogen (secondary N) is 1. The Balaban J connectivity index is 1.75. The molecule has 1 N–H and O–H groups in total. The van der Waals surface area contributed by atoms with Gasteiger partial charge in [-0.05, 0) is 36.5 Å². The minimum absolute atomic E-state index is 0.00282. The lowest BCUT2D eigenvalue weighted by atomic mass is 9.73. The molecule has 1 aromatic rings. The van der Waals surface area contributed by atoms with Crippen LogP contribution in [0, 0.1) is 5.92 Å². The van der Waals surface area contributed by atoms with Crippen molar-refractivity contribution in [3.8, 4) is 0 Å². The Labute approximate surface area is 180 Å². The maximum Gasteiger partial charge on any atom is 0.325 e. The Morgan fingerprint density at radius 3 is 2.60 bits per heavy atom. The van der Waals surface area contributed by atoms with Gasteiger partial charge in [-0.15, -0.1) is 0 Å². The van der Waals surface area contributed by atoms with Crippen molar-refractivity contribution in [1.29, 1.82) is 0 Å². The number of hydrogen-bond acceptors (Lipinski definition) is 5. The normalized spacial score (nSPS) is 23.4. The van der Waals surface area contributed by atoms with Gasteiger partial charge < -0.3 is 15.0 Å². The van der Waals surface area contributed by atoms with E-state index in [1.165, 1.54) is 12.0 Å². The second-order valence-corrected chi connectivity index (χ2v) is 8.33. The fraction of sp³-hybridized carbons (Fsp3) is 0.524. The van der Waals surface area contributed by atoms with Gasteiger partial charge in [0, 0.05) is 11.6 Å². The van der Waals surface area contributed by atoms with E-state index in [0.717, 1.165) is 29.7 Å². The van der Waals surface area contributed by atoms with Crippen molar-refractivity contribution in [2.24, 2.45) is 5.92 Å². The topological polar surface area (TPSA) is 96.0 Å². The number of methoxy groups -OCH3 is 1. The van der Waals surface area contributed by atoms with Crippen LogP contribution in [-0.4, -0.2) is 59.4 Å². The van der Waals surface area contributed by atoms with Gasteiger partial charge in [0.2, 0.25) is 5.91 Å². The minimum Gasteiger partial charge on any atom is -0.468 e. The van der Waals surface area contributed by atoms with Crippen LogP contribution in [0.1, 0.15) is 38.2 Å². The fourth-order valence-electron chi connectivity index (χ4n) is 4.14. The maximum atomic E-state index is 13.1. The first kappa shape index (κ1) is 22.1. The van der Waals surface area contributed by atoms with E-state index in [4.69, 9.17) is 16.3 Å². The van der Waals surface area contributed by atoms with Crippen molar-refractivity contribution < 1.29 is 23.9 Å². The van der Waals surface area contributed by atoms with Gasteiger partial charge in [0.05, 0.1) is 7.11 Å². The van der Waals surface area contributed by atoms with Crippen molar-refractivity contribution in [1.82, 2.24) is 15.1 Å². The number of nitrogens with zero attached hydrogens (tertiary/aromatic N) is 2. The average Bonchev–Trinajstić information content (AvgIpc) is 2.96. The van der Waals surface area contributed by atoms with Crippen molar-refractivity contribution in [3.63, 3.8) is 0 Å². The molecule has 1 saturated heterocycles. The lowest BCUT2D eigenvalue weighted by Crippen LogP contribution is -2.54. The van der Waals surface area contributed by atoms with E-state index in [-0.39, 0.29) is 24.9 Å². The molecule has 9 heteroatoms. The molecule has 2 unspecified atom stereocenters. The van der Waals surface area contributed by atoms with Crippen LogP contribution in [0.25, 0.3) is 0 Å². The Morgan fingerprint density at radius 1 is 1.27 bits per heavy atom. The van der Waals surface area contributed by atoms with Gasteiger partial charge in [-0.3, -0.25) is 19.3 Å². The summed E-state index contributed by atoms with van der Waals surface area (Å²) in [5.74, 6) is -1.47. The van der Waals surface area contributed by atoms with E-state index in [9.17, 15) is 19.2 Å². The summed E-state index contributed by atoms with van der Waals surface area (Å²) in [6.45, 7) is 1.36. The standard InChI is InChI=1S/C21H26ClN3O5/c1-14-5-3-4-10-21(14)19(28)25(20(29)23-21)12-17(26)24(13-18(27)30-2)11-15-6-8-16(22)9-7-15/h6-9,14H,3-5,10-13H2,1-2H3,(H,23,29). The Kier molecular flexibility index (Phi) is 6.65. The summed E-state index contributed by atoms with van der Waals surface area (Å²) in [6.07, 6.45) is 3.28. The van der Waals surface area contributed by atoms with Crippen molar-refractivity contribution in [2.45, 2.75) is 44.7 Å². The van der Waals surface area contributed by atoms with Gasteiger partial charge in [-0.2, -0.15) is 0 Å². The van der Waals surface area contributed by atoms with E-state index >= 15 is 0 Å². The lowest BCUT2D eigenvalue weighted by molar-refractivity contribution is -0.148. The number of imide groups is 1. The van der Waals surface area contributed by atoms with Gasteiger partial charge in [0.1, 0.15) is 18.6 Å². The maximum absolute atomic E-state index is 13.1. The summed E-state index contributed by atoms with van der Waals surface area (Å²) in [5.41, 5.74) is -0.176. The van der Waals surface area contributed by atoms with Crippen LogP contribution in [-0.2, 0) is 25.7 Å². The molecule has 2 fully saturated rings. The third kappa shape index (κ3) is 4.43. The molecule has 1 aliphatic carbocycles. The van der Waals surface area contributed by atoms with Crippen LogP contribution in [0.3, 0.4) is 0 Å². The Hall–Kier alpha value is -2.61. The Bertz CT molecular complexity index is 844. The molecule has 1 heterocycles. The molecule has 2 aliphatic rings. The fourth-order valence-corrected chi connectivity index (χ4v) is 4.26. The number of ether oxygens (including phenoxy) is 1.